The van der Waals surface area contributed by atoms with Gasteiger partial charge in [0.15, 0.2) is 0 Å². The van der Waals surface area contributed by atoms with Crippen LogP contribution >= 0.6 is 35.0 Å². The first-order chi connectivity index (χ1) is 15.6. The maximum absolute atomic E-state index is 13.4. The molecule has 2 aromatic carbocycles. The number of alkyl halides is 2. The van der Waals surface area contributed by atoms with E-state index in [0.29, 0.717) is 0 Å². The highest BCUT2D eigenvalue weighted by molar-refractivity contribution is 8.00. The minimum Gasteiger partial charge on any atom is -0.207 e. The Bertz CT molecular complexity index is 1050. The molecule has 0 aliphatic carbocycles. The Hall–Kier alpha value is -0.810. The van der Waals surface area contributed by atoms with Crippen molar-refractivity contribution in [1.82, 2.24) is 8.61 Å². The molecule has 182 valence electrons. The average molecular weight is 552 g/mol. The standard InChI is InChI=1S/C22H28Cl2N2O4S3/c1-17-3-7-21(8-4-17)32(27,28)25-11-12-26(16-20(14-24)31-19(13-23)15-25)33(29,30)22-9-5-18(2)6-10-22/h3-10,19-20H,11-16H2,1-2H3/t19-,20-/m1/s1. The second-order valence-corrected chi connectivity index (χ2v) is 14.1. The summed E-state index contributed by atoms with van der Waals surface area (Å²) in [6.07, 6.45) is 0. The van der Waals surface area contributed by atoms with Crippen LogP contribution in [0.4, 0.5) is 0 Å². The zero-order valence-electron chi connectivity index (χ0n) is 18.5. The molecule has 0 radical (unpaired) electrons. The number of nitrogens with zero attached hydrogens (tertiary/aromatic N) is 2. The zero-order chi connectivity index (χ0) is 24.2. The molecule has 1 aliphatic heterocycles. The molecule has 1 heterocycles. The molecular weight excluding hydrogens is 523 g/mol. The van der Waals surface area contributed by atoms with Crippen LogP contribution in [0.2, 0.25) is 0 Å². The van der Waals surface area contributed by atoms with Crippen LogP contribution in [0.25, 0.3) is 0 Å². The summed E-state index contributed by atoms with van der Waals surface area (Å²) in [5.41, 5.74) is 1.90. The van der Waals surface area contributed by atoms with Crippen LogP contribution in [-0.2, 0) is 20.0 Å². The Morgan fingerprint density at radius 1 is 0.727 bits per heavy atom. The fourth-order valence-corrected chi connectivity index (χ4v) is 8.54. The van der Waals surface area contributed by atoms with Gasteiger partial charge in [-0.05, 0) is 38.1 Å². The van der Waals surface area contributed by atoms with Crippen molar-refractivity contribution in [3.63, 3.8) is 0 Å². The number of hydrogen-bond acceptors (Lipinski definition) is 5. The largest absolute Gasteiger partial charge is 0.243 e. The molecule has 1 aliphatic rings. The van der Waals surface area contributed by atoms with E-state index in [2.05, 4.69) is 0 Å². The van der Waals surface area contributed by atoms with Crippen molar-refractivity contribution >= 4 is 55.0 Å². The molecule has 1 fully saturated rings. The van der Waals surface area contributed by atoms with Crippen molar-refractivity contribution in [3.8, 4) is 0 Å². The molecule has 0 unspecified atom stereocenters. The van der Waals surface area contributed by atoms with Gasteiger partial charge in [-0.15, -0.1) is 35.0 Å². The fraction of sp³-hybridized carbons (Fsp3) is 0.455. The minimum atomic E-state index is -3.83. The fourth-order valence-electron chi connectivity index (χ4n) is 3.54. The van der Waals surface area contributed by atoms with Gasteiger partial charge in [0, 0.05) is 48.4 Å². The van der Waals surface area contributed by atoms with E-state index in [1.807, 2.05) is 13.8 Å². The van der Waals surface area contributed by atoms with E-state index in [-0.39, 0.29) is 58.2 Å². The van der Waals surface area contributed by atoms with Crippen LogP contribution in [0.1, 0.15) is 11.1 Å². The topological polar surface area (TPSA) is 74.8 Å². The van der Waals surface area contributed by atoms with Crippen molar-refractivity contribution in [2.45, 2.75) is 34.1 Å². The smallest absolute Gasteiger partial charge is 0.207 e. The predicted octanol–water partition coefficient (Wildman–Crippen LogP) is 3.95. The van der Waals surface area contributed by atoms with E-state index in [9.17, 15) is 16.8 Å². The van der Waals surface area contributed by atoms with E-state index in [1.165, 1.54) is 20.4 Å². The summed E-state index contributed by atoms with van der Waals surface area (Å²) >= 11 is 13.8. The SMILES string of the molecule is Cc1ccc(S(=O)(=O)N2CCN(S(=O)(=O)c3ccc(C)cc3)C[C@@H](CCl)S[C@H](CCl)C2)cc1. The van der Waals surface area contributed by atoms with Crippen molar-refractivity contribution < 1.29 is 16.8 Å². The summed E-state index contributed by atoms with van der Waals surface area (Å²) in [4.78, 5) is 0.347. The van der Waals surface area contributed by atoms with Crippen molar-refractivity contribution in [1.29, 1.82) is 0 Å². The third-order valence-electron chi connectivity index (χ3n) is 5.46. The molecule has 11 heteroatoms. The Labute approximate surface area is 211 Å². The van der Waals surface area contributed by atoms with E-state index in [4.69, 9.17) is 23.2 Å². The molecule has 33 heavy (non-hydrogen) atoms. The van der Waals surface area contributed by atoms with Gasteiger partial charge in [-0.3, -0.25) is 0 Å². The maximum atomic E-state index is 13.4. The molecule has 1 saturated heterocycles. The van der Waals surface area contributed by atoms with E-state index in [0.717, 1.165) is 11.1 Å². The van der Waals surface area contributed by atoms with E-state index >= 15 is 0 Å². The third-order valence-corrected chi connectivity index (χ3v) is 11.7. The molecular formula is C22H28Cl2N2O4S3. The Kier molecular flexibility index (Phi) is 9.16. The molecule has 2 atom stereocenters. The second kappa shape index (κ2) is 11.3. The van der Waals surface area contributed by atoms with Gasteiger partial charge in [-0.1, -0.05) is 35.4 Å². The highest BCUT2D eigenvalue weighted by Gasteiger charge is 2.34. The number of aryl methyl sites for hydroxylation is 2. The zero-order valence-corrected chi connectivity index (χ0v) is 22.5. The molecule has 0 aromatic heterocycles. The summed E-state index contributed by atoms with van der Waals surface area (Å²) < 4.78 is 56.4. The first kappa shape index (κ1) is 26.8. The summed E-state index contributed by atoms with van der Waals surface area (Å²) in [6, 6.07) is 13.3. The lowest BCUT2D eigenvalue weighted by Gasteiger charge is -2.26. The summed E-state index contributed by atoms with van der Waals surface area (Å²) in [6.45, 7) is 4.16. The van der Waals surface area contributed by atoms with Gasteiger partial charge in [-0.2, -0.15) is 8.61 Å². The van der Waals surface area contributed by atoms with Crippen LogP contribution in [-0.4, -0.2) is 73.9 Å². The average Bonchev–Trinajstić information content (AvgIpc) is 2.88. The third kappa shape index (κ3) is 6.45. The predicted molar refractivity (Wildman–Crippen MR) is 136 cm³/mol. The van der Waals surface area contributed by atoms with Crippen molar-refractivity contribution in [3.05, 3.63) is 59.7 Å². The molecule has 2 aromatic rings. The number of hydrogen-bond donors (Lipinski definition) is 0. The summed E-state index contributed by atoms with van der Waals surface area (Å²) in [5, 5.41) is -0.449. The van der Waals surface area contributed by atoms with Crippen molar-refractivity contribution in [2.24, 2.45) is 0 Å². The van der Waals surface area contributed by atoms with Gasteiger partial charge in [0.05, 0.1) is 9.79 Å². The van der Waals surface area contributed by atoms with Gasteiger partial charge in [0.2, 0.25) is 20.0 Å². The molecule has 6 nitrogen and oxygen atoms in total. The number of benzene rings is 2. The van der Waals surface area contributed by atoms with Gasteiger partial charge < -0.3 is 0 Å². The van der Waals surface area contributed by atoms with Gasteiger partial charge >= 0.3 is 0 Å². The molecule has 0 N–H and O–H groups in total. The lowest BCUT2D eigenvalue weighted by Crippen LogP contribution is -2.43. The number of sulfonamides is 2. The quantitative estimate of drug-likeness (QED) is 0.509. The Balaban J connectivity index is 1.97. The highest BCUT2D eigenvalue weighted by Crippen LogP contribution is 2.29. The molecule has 0 spiro atoms. The minimum absolute atomic E-state index is 0.0181. The molecule has 3 rings (SSSR count). The molecule has 0 amide bonds. The van der Waals surface area contributed by atoms with Crippen molar-refractivity contribution in [2.75, 3.05) is 37.9 Å². The maximum Gasteiger partial charge on any atom is 0.243 e. The lowest BCUT2D eigenvalue weighted by atomic mass is 10.2. The van der Waals surface area contributed by atoms with Crippen LogP contribution in [0.3, 0.4) is 0 Å². The normalized spacial score (nSPS) is 21.8. The van der Waals surface area contributed by atoms with Crippen LogP contribution in [0.5, 0.6) is 0 Å². The van der Waals surface area contributed by atoms with Gasteiger partial charge in [-0.25, -0.2) is 16.8 Å². The first-order valence-electron chi connectivity index (χ1n) is 10.5. The van der Waals surface area contributed by atoms with Gasteiger partial charge in [0.1, 0.15) is 0 Å². The van der Waals surface area contributed by atoms with Gasteiger partial charge in [0.25, 0.3) is 0 Å². The number of thioether (sulfide) groups is 1. The molecule has 0 bridgehead atoms. The van der Waals surface area contributed by atoms with Crippen LogP contribution in [0, 0.1) is 13.8 Å². The van der Waals surface area contributed by atoms with Crippen LogP contribution < -0.4 is 0 Å². The second-order valence-electron chi connectivity index (χ2n) is 8.04. The number of halogens is 2. The highest BCUT2D eigenvalue weighted by atomic mass is 35.5. The van der Waals surface area contributed by atoms with E-state index in [1.54, 1.807) is 48.5 Å². The number of rotatable bonds is 6. The summed E-state index contributed by atoms with van der Waals surface area (Å²) in [5.74, 6) is 0.450. The lowest BCUT2D eigenvalue weighted by molar-refractivity contribution is 0.352. The Morgan fingerprint density at radius 3 is 1.36 bits per heavy atom. The molecule has 0 saturated carbocycles. The monoisotopic (exact) mass is 550 g/mol. The Morgan fingerprint density at radius 2 is 1.06 bits per heavy atom. The first-order valence-corrected chi connectivity index (χ1v) is 15.4. The van der Waals surface area contributed by atoms with E-state index < -0.39 is 20.0 Å². The summed E-state index contributed by atoms with van der Waals surface area (Å²) in [7, 11) is -7.67. The van der Waals surface area contributed by atoms with Crippen LogP contribution in [0.15, 0.2) is 58.3 Å².